The highest BCUT2D eigenvalue weighted by molar-refractivity contribution is 7.90. The Kier molecular flexibility index (Phi) is 3.68. The molecule has 8 heteroatoms. The van der Waals surface area contributed by atoms with Crippen molar-refractivity contribution in [3.63, 3.8) is 0 Å². The van der Waals surface area contributed by atoms with E-state index in [1.54, 1.807) is 12.1 Å². The number of rotatable bonds is 5. The Morgan fingerprint density at radius 2 is 1.86 bits per heavy atom. The van der Waals surface area contributed by atoms with Crippen LogP contribution < -0.4 is 5.32 Å². The van der Waals surface area contributed by atoms with Crippen molar-refractivity contribution in [3.8, 4) is 11.4 Å². The molecule has 22 heavy (non-hydrogen) atoms. The molecule has 0 saturated heterocycles. The predicted molar refractivity (Wildman–Crippen MR) is 80.9 cm³/mol. The largest absolute Gasteiger partial charge is 0.336 e. The zero-order valence-corrected chi connectivity index (χ0v) is 12.6. The van der Waals surface area contributed by atoms with Gasteiger partial charge in [-0.2, -0.15) is 4.98 Å². The number of nitrogens with one attached hydrogen (secondary N) is 1. The Morgan fingerprint density at radius 1 is 1.18 bits per heavy atom. The van der Waals surface area contributed by atoms with Crippen molar-refractivity contribution < 1.29 is 12.9 Å². The van der Waals surface area contributed by atoms with Gasteiger partial charge in [0.2, 0.25) is 5.82 Å². The van der Waals surface area contributed by atoms with Crippen LogP contribution in [0.3, 0.4) is 0 Å². The Labute approximate surface area is 127 Å². The van der Waals surface area contributed by atoms with Crippen LogP contribution in [0.1, 0.15) is 0 Å². The van der Waals surface area contributed by atoms with Gasteiger partial charge in [0.05, 0.1) is 11.6 Å². The van der Waals surface area contributed by atoms with Gasteiger partial charge in [-0.15, -0.1) is 0 Å². The molecule has 0 atom stereocenters. The monoisotopic (exact) mass is 318 g/mol. The highest BCUT2D eigenvalue weighted by Gasteiger charge is 2.11. The van der Waals surface area contributed by atoms with Crippen molar-refractivity contribution in [2.45, 2.75) is 11.6 Å². The first-order chi connectivity index (χ1) is 10.5. The van der Waals surface area contributed by atoms with E-state index in [-0.39, 0.29) is 4.90 Å². The molecule has 0 fully saturated rings. The number of aromatic nitrogens is 3. The van der Waals surface area contributed by atoms with Gasteiger partial charge in [0.15, 0.2) is 9.84 Å². The van der Waals surface area contributed by atoms with E-state index < -0.39 is 9.84 Å². The Balaban J connectivity index is 1.73. The first-order valence-corrected chi connectivity index (χ1v) is 8.40. The smallest absolute Gasteiger partial charge is 0.323 e. The fraction of sp³-hybridized carbons (Fsp3) is 0.143. The fourth-order valence-electron chi connectivity index (χ4n) is 1.90. The van der Waals surface area contributed by atoms with E-state index in [0.29, 0.717) is 24.1 Å². The maximum atomic E-state index is 11.4. The molecule has 0 saturated carbocycles. The number of sulfone groups is 1. The van der Waals surface area contributed by atoms with Crippen LogP contribution in [0.4, 0.5) is 6.01 Å². The van der Waals surface area contributed by atoms with Crippen molar-refractivity contribution in [3.05, 3.63) is 48.8 Å². The first kappa shape index (κ1) is 14.3. The maximum absolute atomic E-state index is 11.4. The number of benzene rings is 1. The van der Waals surface area contributed by atoms with Gasteiger partial charge in [-0.05, 0) is 36.4 Å². The zero-order chi connectivity index (χ0) is 15.6. The highest BCUT2D eigenvalue weighted by Crippen LogP contribution is 2.20. The molecule has 0 spiro atoms. The third-order valence-corrected chi connectivity index (χ3v) is 4.17. The molecule has 3 aromatic rings. The summed E-state index contributed by atoms with van der Waals surface area (Å²) in [7, 11) is -3.21. The van der Waals surface area contributed by atoms with Gasteiger partial charge in [-0.25, -0.2) is 8.42 Å². The summed E-state index contributed by atoms with van der Waals surface area (Å²) in [4.78, 5) is 4.48. The van der Waals surface area contributed by atoms with Crippen LogP contribution in [0.2, 0.25) is 0 Å². The molecule has 0 aliphatic rings. The Morgan fingerprint density at radius 3 is 2.50 bits per heavy atom. The van der Waals surface area contributed by atoms with Gasteiger partial charge in [0.25, 0.3) is 0 Å². The van der Waals surface area contributed by atoms with Gasteiger partial charge in [0, 0.05) is 24.2 Å². The van der Waals surface area contributed by atoms with Gasteiger partial charge < -0.3 is 14.4 Å². The van der Waals surface area contributed by atoms with Crippen molar-refractivity contribution in [2.24, 2.45) is 0 Å². The topological polar surface area (TPSA) is 90.0 Å². The second-order valence-electron chi connectivity index (χ2n) is 4.75. The molecular weight excluding hydrogens is 304 g/mol. The predicted octanol–water partition coefficient (Wildman–Crippen LogP) is 2.01. The molecule has 114 valence electrons. The lowest BCUT2D eigenvalue weighted by molar-refractivity contribution is 0.429. The molecular formula is C14H14N4O3S. The molecule has 2 aromatic heterocycles. The van der Waals surface area contributed by atoms with E-state index >= 15 is 0 Å². The number of nitrogens with zero attached hydrogens (tertiary/aromatic N) is 3. The second kappa shape index (κ2) is 5.64. The normalized spacial score (nSPS) is 11.5. The highest BCUT2D eigenvalue weighted by atomic mass is 32.2. The lowest BCUT2D eigenvalue weighted by Crippen LogP contribution is -2.05. The molecule has 0 bridgehead atoms. The molecule has 0 amide bonds. The minimum atomic E-state index is -3.21. The lowest BCUT2D eigenvalue weighted by Gasteiger charge is -2.01. The molecule has 7 nitrogen and oxygen atoms in total. The number of hydrogen-bond donors (Lipinski definition) is 1. The molecule has 0 aliphatic heterocycles. The van der Waals surface area contributed by atoms with E-state index in [0.717, 1.165) is 0 Å². The third-order valence-electron chi connectivity index (χ3n) is 3.05. The minimum Gasteiger partial charge on any atom is -0.336 e. The van der Waals surface area contributed by atoms with Crippen molar-refractivity contribution in [1.82, 2.24) is 14.7 Å². The number of hydrogen-bond acceptors (Lipinski definition) is 6. The molecule has 1 aromatic carbocycles. The van der Waals surface area contributed by atoms with Crippen LogP contribution in [0.15, 0.2) is 58.2 Å². The Bertz CT molecular complexity index is 852. The van der Waals surface area contributed by atoms with Gasteiger partial charge in [-0.3, -0.25) is 0 Å². The molecule has 0 aliphatic carbocycles. The quantitative estimate of drug-likeness (QED) is 0.774. The molecule has 1 N–H and O–H groups in total. The minimum absolute atomic E-state index is 0.255. The summed E-state index contributed by atoms with van der Waals surface area (Å²) in [5.74, 6) is 0.398. The van der Waals surface area contributed by atoms with Crippen LogP contribution in [-0.4, -0.2) is 29.4 Å². The van der Waals surface area contributed by atoms with Gasteiger partial charge in [0.1, 0.15) is 0 Å². The van der Waals surface area contributed by atoms with E-state index in [4.69, 9.17) is 4.52 Å². The summed E-state index contributed by atoms with van der Waals surface area (Å²) in [6.07, 6.45) is 4.99. The second-order valence-corrected chi connectivity index (χ2v) is 6.77. The lowest BCUT2D eigenvalue weighted by atomic mass is 10.2. The van der Waals surface area contributed by atoms with Crippen LogP contribution in [0.25, 0.3) is 11.4 Å². The third kappa shape index (κ3) is 3.17. The van der Waals surface area contributed by atoms with E-state index in [9.17, 15) is 8.42 Å². The molecule has 2 heterocycles. The van der Waals surface area contributed by atoms with Crippen LogP contribution >= 0.6 is 0 Å². The van der Waals surface area contributed by atoms with Crippen molar-refractivity contribution >= 4 is 15.9 Å². The standard InChI is InChI=1S/C14H14N4O3S/c1-22(19,20)12-6-4-11(5-7-12)13-16-14(21-17-13)15-10-18-8-2-3-9-18/h2-9H,10H2,1H3,(H,15,16,17). The summed E-state index contributed by atoms with van der Waals surface area (Å²) in [5.41, 5.74) is 0.685. The SMILES string of the molecule is CS(=O)(=O)c1ccc(-c2noc(NCn3cccc3)n2)cc1. The molecule has 3 rings (SSSR count). The maximum Gasteiger partial charge on any atom is 0.323 e. The summed E-state index contributed by atoms with van der Waals surface area (Å²) in [6.45, 7) is 0.516. The average Bonchev–Trinajstić information content (AvgIpc) is 3.16. The first-order valence-electron chi connectivity index (χ1n) is 6.51. The zero-order valence-electron chi connectivity index (χ0n) is 11.8. The van der Waals surface area contributed by atoms with Gasteiger partial charge in [-0.1, -0.05) is 5.16 Å². The summed E-state index contributed by atoms with van der Waals surface area (Å²) >= 11 is 0. The average molecular weight is 318 g/mol. The van der Waals surface area contributed by atoms with Crippen LogP contribution in [-0.2, 0) is 16.5 Å². The number of anilines is 1. The van der Waals surface area contributed by atoms with E-state index in [2.05, 4.69) is 15.5 Å². The molecule has 0 unspecified atom stereocenters. The van der Waals surface area contributed by atoms with Crippen LogP contribution in [0, 0.1) is 0 Å². The van der Waals surface area contributed by atoms with Crippen LogP contribution in [0.5, 0.6) is 0 Å². The van der Waals surface area contributed by atoms with Crippen molar-refractivity contribution in [2.75, 3.05) is 11.6 Å². The van der Waals surface area contributed by atoms with Crippen molar-refractivity contribution in [1.29, 1.82) is 0 Å². The summed E-state index contributed by atoms with van der Waals surface area (Å²) in [6, 6.07) is 10.5. The fourth-order valence-corrected chi connectivity index (χ4v) is 2.53. The van der Waals surface area contributed by atoms with E-state index in [1.165, 1.54) is 18.4 Å². The Hall–Kier alpha value is -2.61. The molecule has 0 radical (unpaired) electrons. The van der Waals surface area contributed by atoms with Gasteiger partial charge >= 0.3 is 6.01 Å². The summed E-state index contributed by atoms with van der Waals surface area (Å²) in [5, 5.41) is 6.87. The van der Waals surface area contributed by atoms with E-state index in [1.807, 2.05) is 29.1 Å². The summed E-state index contributed by atoms with van der Waals surface area (Å²) < 4.78 is 29.9.